The summed E-state index contributed by atoms with van der Waals surface area (Å²) in [5.74, 6) is 0. The highest BCUT2D eigenvalue weighted by Crippen LogP contribution is 2.65. The normalized spacial score (nSPS) is 14.9. The van der Waals surface area contributed by atoms with Gasteiger partial charge in [0.1, 0.15) is 0 Å². The second kappa shape index (κ2) is 10.6. The van der Waals surface area contributed by atoms with Crippen molar-refractivity contribution >= 4 is 33.4 Å². The van der Waals surface area contributed by atoms with Gasteiger partial charge in [0.2, 0.25) is 0 Å². The Morgan fingerprint density at radius 2 is 1.08 bits per heavy atom. The monoisotopic (exact) mass is 611 g/mol. The van der Waals surface area contributed by atoms with Crippen LogP contribution in [0.1, 0.15) is 35.1 Å². The second-order valence-corrected chi connectivity index (χ2v) is 13.1. The summed E-state index contributed by atoms with van der Waals surface area (Å²) in [5, 5.41) is 2.57. The summed E-state index contributed by atoms with van der Waals surface area (Å²) < 4.78 is 0. The zero-order chi connectivity index (χ0) is 31.7. The van der Waals surface area contributed by atoms with Crippen LogP contribution in [0.15, 0.2) is 182 Å². The summed E-state index contributed by atoms with van der Waals surface area (Å²) in [6.45, 7) is 0. The average Bonchev–Trinajstić information content (AvgIpc) is 3.63. The topological polar surface area (TPSA) is 3.24 Å². The maximum atomic E-state index is 2.55. The number of hydrogen-bond acceptors (Lipinski definition) is 1. The van der Waals surface area contributed by atoms with Gasteiger partial charge in [-0.1, -0.05) is 146 Å². The molecule has 0 amide bonds. The number of fused-ring (bicyclic) bond motifs is 11. The highest BCUT2D eigenvalue weighted by Gasteiger charge is 2.53. The zero-order valence-electron chi connectivity index (χ0n) is 26.6. The Labute approximate surface area is 281 Å². The fourth-order valence-corrected chi connectivity index (χ4v) is 8.89. The maximum Gasteiger partial charge on any atom is 0.0689 e. The van der Waals surface area contributed by atoms with Crippen LogP contribution in [-0.2, 0) is 5.41 Å². The quantitative estimate of drug-likeness (QED) is 0.191. The fraction of sp³-hybridized carbons (Fsp3) is 0.0638. The minimum Gasteiger partial charge on any atom is -0.310 e. The SMILES string of the molecule is C1=CC2=C(CC1)C1(c3ccccc3-c3ccccc31)c1cc(N(c3ccccc3)c3cccc(-c4ccccc4)c3)c3ccccc3c12. The lowest BCUT2D eigenvalue weighted by atomic mass is 9.68. The third-order valence-electron chi connectivity index (χ3n) is 10.7. The summed E-state index contributed by atoms with van der Waals surface area (Å²) in [6.07, 6.45) is 6.91. The molecule has 0 aromatic heterocycles. The van der Waals surface area contributed by atoms with E-state index in [4.69, 9.17) is 0 Å². The van der Waals surface area contributed by atoms with Gasteiger partial charge in [0, 0.05) is 16.8 Å². The van der Waals surface area contributed by atoms with E-state index >= 15 is 0 Å². The molecule has 0 fully saturated rings. The molecule has 1 heteroatoms. The molecule has 48 heavy (non-hydrogen) atoms. The Bertz CT molecular complexity index is 2400. The van der Waals surface area contributed by atoms with Gasteiger partial charge in [-0.2, -0.15) is 0 Å². The molecule has 7 aromatic carbocycles. The lowest BCUT2D eigenvalue weighted by Crippen LogP contribution is -2.28. The fourth-order valence-electron chi connectivity index (χ4n) is 8.89. The number of anilines is 3. The first-order valence-corrected chi connectivity index (χ1v) is 17.0. The van der Waals surface area contributed by atoms with E-state index in [1.54, 1.807) is 0 Å². The molecule has 0 saturated carbocycles. The van der Waals surface area contributed by atoms with Crippen molar-refractivity contribution in [3.05, 3.63) is 204 Å². The van der Waals surface area contributed by atoms with Gasteiger partial charge in [-0.25, -0.2) is 0 Å². The molecule has 3 aliphatic rings. The van der Waals surface area contributed by atoms with E-state index in [2.05, 4.69) is 181 Å². The number of nitrogens with zero attached hydrogens (tertiary/aromatic N) is 1. The van der Waals surface area contributed by atoms with Gasteiger partial charge in [0.25, 0.3) is 0 Å². The smallest absolute Gasteiger partial charge is 0.0689 e. The van der Waals surface area contributed by atoms with E-state index in [1.807, 2.05) is 0 Å². The molecule has 0 aliphatic heterocycles. The molecule has 10 rings (SSSR count). The second-order valence-electron chi connectivity index (χ2n) is 13.1. The largest absolute Gasteiger partial charge is 0.310 e. The Balaban J connectivity index is 1.32. The van der Waals surface area contributed by atoms with Crippen LogP contribution in [0.3, 0.4) is 0 Å². The molecule has 7 aromatic rings. The summed E-state index contributed by atoms with van der Waals surface area (Å²) in [4.78, 5) is 2.47. The van der Waals surface area contributed by atoms with E-state index in [1.165, 1.54) is 72.1 Å². The third kappa shape index (κ3) is 3.73. The van der Waals surface area contributed by atoms with Crippen molar-refractivity contribution in [2.24, 2.45) is 0 Å². The molecule has 0 saturated heterocycles. The van der Waals surface area contributed by atoms with Crippen LogP contribution in [0.4, 0.5) is 17.1 Å². The van der Waals surface area contributed by atoms with Gasteiger partial charge >= 0.3 is 0 Å². The van der Waals surface area contributed by atoms with Crippen LogP contribution in [0.25, 0.3) is 38.6 Å². The minimum absolute atomic E-state index is 0.338. The molecule has 0 radical (unpaired) electrons. The van der Waals surface area contributed by atoms with E-state index in [0.29, 0.717) is 0 Å². The molecule has 0 atom stereocenters. The number of para-hydroxylation sites is 1. The number of hydrogen-bond donors (Lipinski definition) is 0. The molecule has 1 nitrogen and oxygen atoms in total. The van der Waals surface area contributed by atoms with Crippen LogP contribution in [0.5, 0.6) is 0 Å². The summed E-state index contributed by atoms with van der Waals surface area (Å²) >= 11 is 0. The minimum atomic E-state index is -0.338. The molecular formula is C47H33N. The van der Waals surface area contributed by atoms with Crippen LogP contribution in [-0.4, -0.2) is 0 Å². The van der Waals surface area contributed by atoms with E-state index in [-0.39, 0.29) is 5.41 Å². The Morgan fingerprint density at radius 1 is 0.479 bits per heavy atom. The van der Waals surface area contributed by atoms with Gasteiger partial charge < -0.3 is 4.90 Å². The van der Waals surface area contributed by atoms with Crippen LogP contribution in [0.2, 0.25) is 0 Å². The van der Waals surface area contributed by atoms with E-state index in [0.717, 1.165) is 24.2 Å². The van der Waals surface area contributed by atoms with Crippen molar-refractivity contribution in [2.75, 3.05) is 4.90 Å². The standard InChI is InChI=1S/C47H33N/c1-3-16-32(17-4-1)33-18-15-21-35(30-33)48(34-19-5-2-6-20-34)45-31-44-46(39-25-8-7-24-38(39)45)40-26-11-14-29-43(40)47(44)41-27-12-9-22-36(41)37-23-10-13-28-42(37)47/h1-13,15-28,30-31H,14,29H2. The Morgan fingerprint density at radius 3 is 1.83 bits per heavy atom. The molecule has 0 heterocycles. The van der Waals surface area contributed by atoms with Gasteiger partial charge in [-0.05, 0) is 104 Å². The zero-order valence-corrected chi connectivity index (χ0v) is 26.6. The maximum absolute atomic E-state index is 2.55. The highest BCUT2D eigenvalue weighted by molar-refractivity contribution is 6.11. The summed E-state index contributed by atoms with van der Waals surface area (Å²) in [7, 11) is 0. The van der Waals surface area contributed by atoms with Crippen molar-refractivity contribution in [3.63, 3.8) is 0 Å². The van der Waals surface area contributed by atoms with Crippen molar-refractivity contribution in [3.8, 4) is 22.3 Å². The van der Waals surface area contributed by atoms with Crippen molar-refractivity contribution in [2.45, 2.75) is 18.3 Å². The van der Waals surface area contributed by atoms with Crippen molar-refractivity contribution in [1.29, 1.82) is 0 Å². The molecule has 0 N–H and O–H groups in total. The van der Waals surface area contributed by atoms with Gasteiger partial charge in [0.15, 0.2) is 0 Å². The average molecular weight is 612 g/mol. The third-order valence-corrected chi connectivity index (χ3v) is 10.7. The summed E-state index contributed by atoms with van der Waals surface area (Å²) in [6, 6.07) is 60.5. The first kappa shape index (κ1) is 27.2. The van der Waals surface area contributed by atoms with Gasteiger partial charge in [0.05, 0.1) is 11.1 Å². The molecular weight excluding hydrogens is 579 g/mol. The molecule has 3 aliphatic carbocycles. The predicted molar refractivity (Wildman–Crippen MR) is 201 cm³/mol. The first-order chi connectivity index (χ1) is 23.8. The van der Waals surface area contributed by atoms with Crippen LogP contribution < -0.4 is 4.90 Å². The van der Waals surface area contributed by atoms with Gasteiger partial charge in [-0.15, -0.1) is 0 Å². The molecule has 226 valence electrons. The predicted octanol–water partition coefficient (Wildman–Crippen LogP) is 12.4. The van der Waals surface area contributed by atoms with Crippen molar-refractivity contribution in [1.82, 2.24) is 0 Å². The van der Waals surface area contributed by atoms with Gasteiger partial charge in [-0.3, -0.25) is 0 Å². The Hall–Kier alpha value is -5.92. The lowest BCUT2D eigenvalue weighted by Gasteiger charge is -2.35. The van der Waals surface area contributed by atoms with E-state index < -0.39 is 0 Å². The lowest BCUT2D eigenvalue weighted by molar-refractivity contribution is 0.714. The highest BCUT2D eigenvalue weighted by atomic mass is 15.1. The van der Waals surface area contributed by atoms with Crippen molar-refractivity contribution < 1.29 is 0 Å². The number of benzene rings is 7. The number of rotatable bonds is 4. The molecule has 0 unspecified atom stereocenters. The van der Waals surface area contributed by atoms with Crippen LogP contribution in [0, 0.1) is 0 Å². The molecule has 0 bridgehead atoms. The Kier molecular flexibility index (Phi) is 5.98. The van der Waals surface area contributed by atoms with Crippen LogP contribution >= 0.6 is 0 Å². The molecule has 1 spiro atoms. The first-order valence-electron chi connectivity index (χ1n) is 17.0. The summed E-state index contributed by atoms with van der Waals surface area (Å²) in [5.41, 5.74) is 16.8. The van der Waals surface area contributed by atoms with E-state index in [9.17, 15) is 0 Å². The number of allylic oxidation sites excluding steroid dienone is 4.